The standard InChI is InChI=1S/C15H17N3O4S2/c1-9-6-17(7-10(2)22-9)14(19)8-23-15-16-12-4-3-11(18(20)21)5-13(12)24-15/h3-5,9-10H,6-8H2,1-2H3/t9-,10-/m1/s1. The highest BCUT2D eigenvalue weighted by Gasteiger charge is 2.26. The van der Waals surface area contributed by atoms with Gasteiger partial charge in [-0.2, -0.15) is 0 Å². The summed E-state index contributed by atoms with van der Waals surface area (Å²) in [6.07, 6.45) is 0.0939. The molecule has 0 radical (unpaired) electrons. The van der Waals surface area contributed by atoms with Gasteiger partial charge in [0.25, 0.3) is 5.69 Å². The number of morpholine rings is 1. The fraction of sp³-hybridized carbons (Fsp3) is 0.467. The summed E-state index contributed by atoms with van der Waals surface area (Å²) in [7, 11) is 0. The number of nitrogens with zero attached hydrogens (tertiary/aromatic N) is 3. The Kier molecular flexibility index (Phi) is 5.02. The highest BCUT2D eigenvalue weighted by Crippen LogP contribution is 2.32. The molecule has 1 aromatic carbocycles. The Morgan fingerprint density at radius 2 is 2.17 bits per heavy atom. The minimum absolute atomic E-state index is 0.0469. The molecule has 0 spiro atoms. The maximum atomic E-state index is 12.4. The van der Waals surface area contributed by atoms with Gasteiger partial charge in [-0.05, 0) is 19.9 Å². The van der Waals surface area contributed by atoms with Crippen LogP contribution in [-0.2, 0) is 9.53 Å². The molecule has 0 bridgehead atoms. The number of nitro benzene ring substituents is 1. The second kappa shape index (κ2) is 7.04. The van der Waals surface area contributed by atoms with E-state index in [1.54, 1.807) is 6.07 Å². The van der Waals surface area contributed by atoms with Gasteiger partial charge in [0, 0.05) is 25.2 Å². The lowest BCUT2D eigenvalue weighted by Crippen LogP contribution is -2.48. The maximum Gasteiger partial charge on any atom is 0.270 e. The van der Waals surface area contributed by atoms with Crippen molar-refractivity contribution >= 4 is 44.9 Å². The number of non-ortho nitro benzene ring substituents is 1. The zero-order chi connectivity index (χ0) is 17.3. The number of fused-ring (bicyclic) bond motifs is 1. The summed E-state index contributed by atoms with van der Waals surface area (Å²) in [6, 6.07) is 4.60. The SMILES string of the molecule is C[C@@H]1CN(C(=O)CSc2nc3ccc([N+](=O)[O-])cc3s2)C[C@@H](C)O1. The first-order valence-electron chi connectivity index (χ1n) is 7.53. The van der Waals surface area contributed by atoms with Crippen LogP contribution in [0.3, 0.4) is 0 Å². The van der Waals surface area contributed by atoms with Crippen molar-refractivity contribution in [1.29, 1.82) is 0 Å². The van der Waals surface area contributed by atoms with E-state index in [0.717, 1.165) is 9.04 Å². The number of hydrogen-bond acceptors (Lipinski definition) is 7. The van der Waals surface area contributed by atoms with E-state index in [-0.39, 0.29) is 23.8 Å². The highest BCUT2D eigenvalue weighted by atomic mass is 32.2. The van der Waals surface area contributed by atoms with Gasteiger partial charge >= 0.3 is 0 Å². The number of ether oxygens (including phenoxy) is 1. The lowest BCUT2D eigenvalue weighted by Gasteiger charge is -2.35. The topological polar surface area (TPSA) is 85.6 Å². The normalized spacial score (nSPS) is 21.2. The Morgan fingerprint density at radius 3 is 2.83 bits per heavy atom. The lowest BCUT2D eigenvalue weighted by atomic mass is 10.2. The predicted octanol–water partition coefficient (Wildman–Crippen LogP) is 2.93. The van der Waals surface area contributed by atoms with Gasteiger partial charge < -0.3 is 9.64 Å². The van der Waals surface area contributed by atoms with Gasteiger partial charge in [0.15, 0.2) is 4.34 Å². The molecule has 2 aromatic rings. The van der Waals surface area contributed by atoms with Crippen molar-refractivity contribution in [2.45, 2.75) is 30.4 Å². The summed E-state index contributed by atoms with van der Waals surface area (Å²) in [5.74, 6) is 0.369. The molecule has 0 aliphatic carbocycles. The molecule has 24 heavy (non-hydrogen) atoms. The van der Waals surface area contributed by atoms with Crippen LogP contribution in [0.4, 0.5) is 5.69 Å². The number of carbonyl (C=O) groups is 1. The predicted molar refractivity (Wildman–Crippen MR) is 93.6 cm³/mol. The van der Waals surface area contributed by atoms with Crippen molar-refractivity contribution < 1.29 is 14.5 Å². The van der Waals surface area contributed by atoms with E-state index in [9.17, 15) is 14.9 Å². The van der Waals surface area contributed by atoms with Gasteiger partial charge in [0.05, 0.1) is 33.1 Å². The molecule has 1 aliphatic heterocycles. The van der Waals surface area contributed by atoms with Crippen molar-refractivity contribution in [3.8, 4) is 0 Å². The highest BCUT2D eigenvalue weighted by molar-refractivity contribution is 8.01. The molecule has 128 valence electrons. The molecule has 1 saturated heterocycles. The molecule has 0 unspecified atom stereocenters. The van der Waals surface area contributed by atoms with Crippen LogP contribution in [0.15, 0.2) is 22.5 Å². The third-order valence-electron chi connectivity index (χ3n) is 3.65. The molecule has 1 aromatic heterocycles. The zero-order valence-electron chi connectivity index (χ0n) is 13.3. The van der Waals surface area contributed by atoms with Crippen molar-refractivity contribution in [1.82, 2.24) is 9.88 Å². The fourth-order valence-electron chi connectivity index (χ4n) is 2.66. The van der Waals surface area contributed by atoms with Crippen LogP contribution in [-0.4, -0.2) is 51.8 Å². The fourth-order valence-corrected chi connectivity index (χ4v) is 4.67. The molecule has 1 fully saturated rings. The lowest BCUT2D eigenvalue weighted by molar-refractivity contribution is -0.384. The van der Waals surface area contributed by atoms with E-state index >= 15 is 0 Å². The van der Waals surface area contributed by atoms with Crippen molar-refractivity contribution in [3.05, 3.63) is 28.3 Å². The summed E-state index contributed by atoms with van der Waals surface area (Å²) in [6.45, 7) is 5.14. The van der Waals surface area contributed by atoms with E-state index in [4.69, 9.17) is 4.74 Å². The first-order valence-corrected chi connectivity index (χ1v) is 9.33. The Morgan fingerprint density at radius 1 is 1.46 bits per heavy atom. The van der Waals surface area contributed by atoms with Crippen LogP contribution in [0.1, 0.15) is 13.8 Å². The number of carbonyl (C=O) groups excluding carboxylic acids is 1. The van der Waals surface area contributed by atoms with Crippen LogP contribution >= 0.6 is 23.1 Å². The number of aromatic nitrogens is 1. The number of hydrogen-bond donors (Lipinski definition) is 0. The second-order valence-corrected chi connectivity index (χ2v) is 7.99. The van der Waals surface area contributed by atoms with E-state index in [1.807, 2.05) is 18.7 Å². The minimum Gasteiger partial charge on any atom is -0.372 e. The third kappa shape index (κ3) is 3.85. The molecule has 0 N–H and O–H groups in total. The molecule has 1 amide bonds. The monoisotopic (exact) mass is 367 g/mol. The average Bonchev–Trinajstić information content (AvgIpc) is 2.93. The van der Waals surface area contributed by atoms with E-state index in [2.05, 4.69) is 4.98 Å². The van der Waals surface area contributed by atoms with Gasteiger partial charge in [-0.1, -0.05) is 11.8 Å². The van der Waals surface area contributed by atoms with Gasteiger partial charge in [0.2, 0.25) is 5.91 Å². The number of thiazole rings is 1. The molecule has 0 saturated carbocycles. The summed E-state index contributed by atoms with van der Waals surface area (Å²) < 4.78 is 7.13. The number of rotatable bonds is 4. The molecular formula is C15H17N3O4S2. The number of thioether (sulfide) groups is 1. The third-order valence-corrected chi connectivity index (χ3v) is 5.80. The van der Waals surface area contributed by atoms with E-state index in [1.165, 1.54) is 35.2 Å². The van der Waals surface area contributed by atoms with Gasteiger partial charge in [0.1, 0.15) is 0 Å². The zero-order valence-corrected chi connectivity index (χ0v) is 14.9. The van der Waals surface area contributed by atoms with Crippen LogP contribution in [0.25, 0.3) is 10.2 Å². The molecular weight excluding hydrogens is 350 g/mol. The second-order valence-electron chi connectivity index (χ2n) is 5.73. The van der Waals surface area contributed by atoms with Crippen molar-refractivity contribution in [2.75, 3.05) is 18.8 Å². The van der Waals surface area contributed by atoms with Crippen LogP contribution in [0, 0.1) is 10.1 Å². The van der Waals surface area contributed by atoms with Crippen LogP contribution < -0.4 is 0 Å². The first kappa shape index (κ1) is 17.1. The van der Waals surface area contributed by atoms with Crippen molar-refractivity contribution in [3.63, 3.8) is 0 Å². The Bertz CT molecular complexity index is 769. The van der Waals surface area contributed by atoms with Crippen LogP contribution in [0.5, 0.6) is 0 Å². The van der Waals surface area contributed by atoms with E-state index in [0.29, 0.717) is 24.4 Å². The number of nitro groups is 1. The summed E-state index contributed by atoms with van der Waals surface area (Å²) in [4.78, 5) is 29.0. The van der Waals surface area contributed by atoms with E-state index < -0.39 is 4.92 Å². The maximum absolute atomic E-state index is 12.4. The minimum atomic E-state index is -0.420. The molecule has 2 atom stereocenters. The summed E-state index contributed by atoms with van der Waals surface area (Å²) in [5, 5.41) is 10.8. The van der Waals surface area contributed by atoms with Gasteiger partial charge in [-0.25, -0.2) is 4.98 Å². The Hall–Kier alpha value is -1.71. The number of benzene rings is 1. The quantitative estimate of drug-likeness (QED) is 0.469. The molecule has 9 heteroatoms. The Labute approximate surface area is 147 Å². The smallest absolute Gasteiger partial charge is 0.270 e. The summed E-state index contributed by atoms with van der Waals surface area (Å²) in [5.41, 5.74) is 0.768. The Balaban J connectivity index is 1.64. The molecule has 2 heterocycles. The largest absolute Gasteiger partial charge is 0.372 e. The van der Waals surface area contributed by atoms with Gasteiger partial charge in [-0.15, -0.1) is 11.3 Å². The van der Waals surface area contributed by atoms with Gasteiger partial charge in [-0.3, -0.25) is 14.9 Å². The first-order chi connectivity index (χ1) is 11.4. The molecule has 1 aliphatic rings. The number of amides is 1. The average molecular weight is 367 g/mol. The van der Waals surface area contributed by atoms with Crippen LogP contribution in [0.2, 0.25) is 0 Å². The van der Waals surface area contributed by atoms with Crippen molar-refractivity contribution in [2.24, 2.45) is 0 Å². The summed E-state index contributed by atoms with van der Waals surface area (Å²) >= 11 is 2.74. The molecule has 3 rings (SSSR count). The molecule has 7 nitrogen and oxygen atoms in total.